The topological polar surface area (TPSA) is 41.3 Å². The van der Waals surface area contributed by atoms with E-state index >= 15 is 0 Å². The number of fused-ring (bicyclic) bond motifs is 1. The van der Waals surface area contributed by atoms with Crippen LogP contribution < -0.4 is 16.0 Å². The molecule has 2 aliphatic heterocycles. The fraction of sp³-hybridized carbons (Fsp3) is 0.538. The number of hydrogen-bond donors (Lipinski definition) is 2. The van der Waals surface area contributed by atoms with Gasteiger partial charge in [-0.15, -0.1) is 0 Å². The molecule has 0 aliphatic carbocycles. The molecule has 2 aliphatic rings. The van der Waals surface area contributed by atoms with Crippen molar-refractivity contribution in [3.8, 4) is 0 Å². The van der Waals surface area contributed by atoms with Gasteiger partial charge in [-0.2, -0.15) is 0 Å². The minimum absolute atomic E-state index is 0.148. The second-order valence-corrected chi connectivity index (χ2v) is 4.95. The Morgan fingerprint density at radius 1 is 1.31 bits per heavy atom. The van der Waals surface area contributed by atoms with Crippen molar-refractivity contribution in [2.24, 2.45) is 5.73 Å². The molecule has 0 unspecified atom stereocenters. The van der Waals surface area contributed by atoms with Crippen molar-refractivity contribution < 1.29 is 0 Å². The van der Waals surface area contributed by atoms with E-state index in [0.29, 0.717) is 0 Å². The molecule has 1 atom stereocenters. The first-order valence-electron chi connectivity index (χ1n) is 6.05. The molecule has 1 saturated heterocycles. The number of nitrogens with two attached hydrogens (primary N) is 1. The Morgan fingerprint density at radius 2 is 2.00 bits per heavy atom. The summed E-state index contributed by atoms with van der Waals surface area (Å²) in [5.41, 5.74) is 9.25. The Kier molecular flexibility index (Phi) is 2.19. The maximum absolute atomic E-state index is 6.48. The molecule has 16 heavy (non-hydrogen) atoms. The molecule has 3 nitrogen and oxygen atoms in total. The summed E-state index contributed by atoms with van der Waals surface area (Å²) in [6, 6.07) is 8.71. The van der Waals surface area contributed by atoms with Gasteiger partial charge in [0, 0.05) is 12.7 Å². The molecule has 3 rings (SSSR count). The number of anilines is 1. The van der Waals surface area contributed by atoms with Crippen LogP contribution in [0, 0.1) is 0 Å². The third kappa shape index (κ3) is 1.16. The summed E-state index contributed by atoms with van der Waals surface area (Å²) in [7, 11) is 2.19. The average molecular weight is 217 g/mol. The van der Waals surface area contributed by atoms with E-state index in [9.17, 15) is 0 Å². The van der Waals surface area contributed by atoms with Crippen LogP contribution in [0.1, 0.15) is 24.4 Å². The lowest BCUT2D eigenvalue weighted by Gasteiger charge is -2.44. The highest BCUT2D eigenvalue weighted by Gasteiger charge is 2.48. The molecule has 3 N–H and O–H groups in total. The van der Waals surface area contributed by atoms with Crippen molar-refractivity contribution in [3.63, 3.8) is 0 Å². The smallest absolute Gasteiger partial charge is 0.0616 e. The summed E-state index contributed by atoms with van der Waals surface area (Å²) in [5.74, 6) is 0. The first kappa shape index (κ1) is 10.1. The lowest BCUT2D eigenvalue weighted by Crippen LogP contribution is -2.55. The molecule has 0 bridgehead atoms. The van der Waals surface area contributed by atoms with Crippen molar-refractivity contribution in [1.29, 1.82) is 0 Å². The van der Waals surface area contributed by atoms with Gasteiger partial charge in [-0.25, -0.2) is 0 Å². The minimum Gasteiger partial charge on any atom is -0.367 e. The third-order valence-electron chi connectivity index (χ3n) is 4.35. The van der Waals surface area contributed by atoms with Crippen LogP contribution in [-0.2, 0) is 0 Å². The number of likely N-dealkylation sites (N-methyl/N-ethyl adjacent to an activating group) is 1. The normalized spacial score (nSPS) is 27.1. The number of rotatable bonds is 0. The van der Waals surface area contributed by atoms with E-state index in [1.807, 2.05) is 0 Å². The summed E-state index contributed by atoms with van der Waals surface area (Å²) in [5, 5.41) is 3.42. The van der Waals surface area contributed by atoms with Gasteiger partial charge in [-0.1, -0.05) is 18.2 Å². The second-order valence-electron chi connectivity index (χ2n) is 4.95. The third-order valence-corrected chi connectivity index (χ3v) is 4.35. The molecule has 1 fully saturated rings. The predicted molar refractivity (Wildman–Crippen MR) is 66.6 cm³/mol. The molecule has 86 valence electrons. The zero-order valence-electron chi connectivity index (χ0n) is 9.74. The van der Waals surface area contributed by atoms with Crippen molar-refractivity contribution in [1.82, 2.24) is 5.32 Å². The van der Waals surface area contributed by atoms with E-state index in [2.05, 4.69) is 41.5 Å². The Labute approximate surface area is 96.6 Å². The lowest BCUT2D eigenvalue weighted by molar-refractivity contribution is 0.268. The minimum atomic E-state index is 0.148. The number of para-hydroxylation sites is 1. The zero-order chi connectivity index (χ0) is 11.2. The maximum atomic E-state index is 6.48. The second kappa shape index (κ2) is 3.47. The molecule has 1 spiro atoms. The van der Waals surface area contributed by atoms with Gasteiger partial charge < -0.3 is 16.0 Å². The number of piperidine rings is 1. The average Bonchev–Trinajstić information content (AvgIpc) is 2.55. The molecular formula is C13H19N3. The highest BCUT2D eigenvalue weighted by Crippen LogP contribution is 2.48. The van der Waals surface area contributed by atoms with Crippen LogP contribution in [0.25, 0.3) is 0 Å². The number of benzene rings is 1. The highest BCUT2D eigenvalue weighted by atomic mass is 15.2. The van der Waals surface area contributed by atoms with E-state index in [-0.39, 0.29) is 11.6 Å². The first-order valence-corrected chi connectivity index (χ1v) is 6.05. The van der Waals surface area contributed by atoms with Crippen LogP contribution >= 0.6 is 0 Å². The Morgan fingerprint density at radius 3 is 2.69 bits per heavy atom. The van der Waals surface area contributed by atoms with E-state index < -0.39 is 0 Å². The SMILES string of the molecule is CN1c2ccccc2[C@@H](N)C12CCNCC2. The fourth-order valence-corrected chi connectivity index (χ4v) is 3.30. The molecule has 0 aromatic heterocycles. The van der Waals surface area contributed by atoms with E-state index in [1.165, 1.54) is 11.3 Å². The molecule has 2 heterocycles. The Hall–Kier alpha value is -1.06. The summed E-state index contributed by atoms with van der Waals surface area (Å²) < 4.78 is 0. The Balaban J connectivity index is 2.06. The van der Waals surface area contributed by atoms with Crippen molar-refractivity contribution in [2.45, 2.75) is 24.4 Å². The largest absolute Gasteiger partial charge is 0.367 e. The van der Waals surface area contributed by atoms with Gasteiger partial charge in [0.05, 0.1) is 11.6 Å². The van der Waals surface area contributed by atoms with Crippen LogP contribution in [0.4, 0.5) is 5.69 Å². The summed E-state index contributed by atoms with van der Waals surface area (Å²) >= 11 is 0. The molecule has 0 saturated carbocycles. The maximum Gasteiger partial charge on any atom is 0.0616 e. The lowest BCUT2D eigenvalue weighted by atomic mass is 9.81. The van der Waals surface area contributed by atoms with Gasteiger partial charge in [0.25, 0.3) is 0 Å². The van der Waals surface area contributed by atoms with E-state index in [0.717, 1.165) is 25.9 Å². The van der Waals surface area contributed by atoms with Crippen LogP contribution in [-0.4, -0.2) is 25.7 Å². The molecule has 1 aromatic rings. The summed E-state index contributed by atoms with van der Waals surface area (Å²) in [6.45, 7) is 2.15. The predicted octanol–water partition coefficient (Wildman–Crippen LogP) is 1.26. The molecule has 3 heteroatoms. The Bertz CT molecular complexity index is 365. The zero-order valence-corrected chi connectivity index (χ0v) is 9.74. The van der Waals surface area contributed by atoms with E-state index in [4.69, 9.17) is 5.73 Å². The number of hydrogen-bond acceptors (Lipinski definition) is 3. The quantitative estimate of drug-likeness (QED) is 0.687. The fourth-order valence-electron chi connectivity index (χ4n) is 3.30. The van der Waals surface area contributed by atoms with E-state index in [1.54, 1.807) is 0 Å². The van der Waals surface area contributed by atoms with Gasteiger partial charge in [-0.3, -0.25) is 0 Å². The molecule has 0 radical (unpaired) electrons. The molecule has 0 amide bonds. The van der Waals surface area contributed by atoms with Crippen molar-refractivity contribution in [2.75, 3.05) is 25.0 Å². The van der Waals surface area contributed by atoms with Crippen molar-refractivity contribution >= 4 is 5.69 Å². The van der Waals surface area contributed by atoms with Crippen LogP contribution in [0.2, 0.25) is 0 Å². The van der Waals surface area contributed by atoms with Gasteiger partial charge in [0.15, 0.2) is 0 Å². The van der Waals surface area contributed by atoms with Gasteiger partial charge in [0.2, 0.25) is 0 Å². The standard InChI is InChI=1S/C13H19N3/c1-16-11-5-3-2-4-10(11)12(14)13(16)6-8-15-9-7-13/h2-5,12,15H,6-9,14H2,1H3/t12-/m1/s1. The molecule has 1 aromatic carbocycles. The monoisotopic (exact) mass is 217 g/mol. The van der Waals surface area contributed by atoms with Crippen molar-refractivity contribution in [3.05, 3.63) is 29.8 Å². The first-order chi connectivity index (χ1) is 7.76. The van der Waals surface area contributed by atoms with Gasteiger partial charge in [-0.05, 0) is 37.6 Å². The highest BCUT2D eigenvalue weighted by molar-refractivity contribution is 5.63. The number of nitrogens with zero attached hydrogens (tertiary/aromatic N) is 1. The van der Waals surface area contributed by atoms with Crippen LogP contribution in [0.15, 0.2) is 24.3 Å². The van der Waals surface area contributed by atoms with Gasteiger partial charge in [0.1, 0.15) is 0 Å². The van der Waals surface area contributed by atoms with Crippen LogP contribution in [0.5, 0.6) is 0 Å². The summed E-state index contributed by atoms with van der Waals surface area (Å²) in [6.07, 6.45) is 2.28. The van der Waals surface area contributed by atoms with Crippen LogP contribution in [0.3, 0.4) is 0 Å². The summed E-state index contributed by atoms with van der Waals surface area (Å²) in [4.78, 5) is 2.41. The number of nitrogens with one attached hydrogen (secondary N) is 1. The van der Waals surface area contributed by atoms with Gasteiger partial charge >= 0.3 is 0 Å². The molecular weight excluding hydrogens is 198 g/mol.